The smallest absolute Gasteiger partial charge is 0.430 e. The predicted molar refractivity (Wildman–Crippen MR) is 146 cm³/mol. The van der Waals surface area contributed by atoms with Gasteiger partial charge in [0.2, 0.25) is 0 Å². The molecule has 0 amide bonds. The number of carbonyl (C=O) groups excluding carboxylic acids is 1. The van der Waals surface area contributed by atoms with E-state index >= 15 is 0 Å². The standard InChI is InChI=1S/C31H38F6O4/c1-6-28(7-2,25-14-15-26(22(5)20-25)41-18-10-9-11-27(38)40-8-3)24-13-12-23(21(4)19-24)16-17-29(39,30(32,33)34)31(35,36)37/h12-17,19-20,39H,6-11,18H2,1-5H3. The molecule has 0 aliphatic heterocycles. The average Bonchev–Trinajstić information content (AvgIpc) is 2.88. The van der Waals surface area contributed by atoms with Gasteiger partial charge in [-0.05, 0) is 86.4 Å². The van der Waals surface area contributed by atoms with Gasteiger partial charge >= 0.3 is 18.3 Å². The van der Waals surface area contributed by atoms with E-state index in [9.17, 15) is 36.2 Å². The lowest BCUT2D eigenvalue weighted by Crippen LogP contribution is -2.55. The van der Waals surface area contributed by atoms with Crippen LogP contribution in [-0.2, 0) is 14.9 Å². The highest BCUT2D eigenvalue weighted by atomic mass is 19.4. The number of hydrogen-bond donors (Lipinski definition) is 1. The molecule has 10 heteroatoms. The molecule has 0 saturated carbocycles. The fraction of sp³-hybridized carbons (Fsp3) is 0.516. The van der Waals surface area contributed by atoms with Crippen molar-refractivity contribution >= 4 is 12.0 Å². The van der Waals surface area contributed by atoms with E-state index in [1.54, 1.807) is 26.0 Å². The van der Waals surface area contributed by atoms with Crippen molar-refractivity contribution in [2.75, 3.05) is 13.2 Å². The molecule has 0 unspecified atom stereocenters. The first kappa shape index (κ1) is 34.2. The number of unbranched alkanes of at least 4 members (excludes halogenated alkanes) is 1. The average molecular weight is 589 g/mol. The van der Waals surface area contributed by atoms with Crippen LogP contribution in [0.1, 0.15) is 80.7 Å². The van der Waals surface area contributed by atoms with Crippen molar-refractivity contribution < 1.29 is 45.7 Å². The van der Waals surface area contributed by atoms with Crippen LogP contribution in [-0.4, -0.2) is 42.2 Å². The number of aryl methyl sites for hydroxylation is 2. The second kappa shape index (κ2) is 13.8. The van der Waals surface area contributed by atoms with Crippen LogP contribution in [0.5, 0.6) is 5.75 Å². The van der Waals surface area contributed by atoms with Crippen molar-refractivity contribution in [1.82, 2.24) is 0 Å². The number of carbonyl (C=O) groups is 1. The summed E-state index contributed by atoms with van der Waals surface area (Å²) in [6, 6.07) is 10.8. The van der Waals surface area contributed by atoms with Gasteiger partial charge in [-0.15, -0.1) is 0 Å². The summed E-state index contributed by atoms with van der Waals surface area (Å²) in [7, 11) is 0. The summed E-state index contributed by atoms with van der Waals surface area (Å²) in [4.78, 5) is 11.5. The lowest BCUT2D eigenvalue weighted by Gasteiger charge is -2.34. The number of benzene rings is 2. The van der Waals surface area contributed by atoms with Gasteiger partial charge in [0.1, 0.15) is 5.75 Å². The minimum Gasteiger partial charge on any atom is -0.493 e. The molecule has 0 aliphatic rings. The number of halogens is 6. The van der Waals surface area contributed by atoms with E-state index in [4.69, 9.17) is 9.47 Å². The molecule has 2 rings (SSSR count). The molecule has 4 nitrogen and oxygen atoms in total. The minimum atomic E-state index is -5.93. The Bertz CT molecular complexity index is 1180. The van der Waals surface area contributed by atoms with Gasteiger partial charge in [0.05, 0.1) is 13.2 Å². The fourth-order valence-corrected chi connectivity index (χ4v) is 4.85. The highest BCUT2D eigenvalue weighted by Gasteiger charge is 2.68. The van der Waals surface area contributed by atoms with Gasteiger partial charge in [0.25, 0.3) is 5.60 Å². The first-order chi connectivity index (χ1) is 19.1. The molecule has 41 heavy (non-hydrogen) atoms. The Balaban J connectivity index is 2.29. The van der Waals surface area contributed by atoms with E-state index in [1.807, 2.05) is 39.0 Å². The van der Waals surface area contributed by atoms with Crippen molar-refractivity contribution in [3.8, 4) is 5.75 Å². The summed E-state index contributed by atoms with van der Waals surface area (Å²) < 4.78 is 89.3. The molecule has 0 heterocycles. The molecule has 1 N–H and O–H groups in total. The van der Waals surface area contributed by atoms with E-state index in [2.05, 4.69) is 0 Å². The first-order valence-electron chi connectivity index (χ1n) is 13.6. The molecule has 0 spiro atoms. The molecule has 0 fully saturated rings. The van der Waals surface area contributed by atoms with Crippen LogP contribution >= 0.6 is 0 Å². The third-order valence-electron chi connectivity index (χ3n) is 7.46. The molecule has 0 radical (unpaired) electrons. The molecule has 0 atom stereocenters. The van der Waals surface area contributed by atoms with Gasteiger partial charge in [-0.25, -0.2) is 0 Å². The maximum Gasteiger partial charge on any atom is 0.430 e. The Hall–Kier alpha value is -3.01. The van der Waals surface area contributed by atoms with Crippen molar-refractivity contribution in [1.29, 1.82) is 0 Å². The van der Waals surface area contributed by atoms with Crippen LogP contribution in [0.2, 0.25) is 0 Å². The van der Waals surface area contributed by atoms with E-state index in [1.165, 1.54) is 6.07 Å². The van der Waals surface area contributed by atoms with Crippen LogP contribution in [0.3, 0.4) is 0 Å². The van der Waals surface area contributed by atoms with Crippen molar-refractivity contribution in [3.05, 3.63) is 70.3 Å². The van der Waals surface area contributed by atoms with Crippen LogP contribution in [0.4, 0.5) is 26.3 Å². The number of aliphatic hydroxyl groups is 1. The summed E-state index contributed by atoms with van der Waals surface area (Å²) in [5.74, 6) is 0.483. The van der Waals surface area contributed by atoms with Gasteiger partial charge in [0.15, 0.2) is 0 Å². The monoisotopic (exact) mass is 588 g/mol. The zero-order valence-corrected chi connectivity index (χ0v) is 24.0. The summed E-state index contributed by atoms with van der Waals surface area (Å²) in [5, 5.41) is 9.45. The van der Waals surface area contributed by atoms with Crippen LogP contribution in [0, 0.1) is 13.8 Å². The Kier molecular flexibility index (Phi) is 11.5. The van der Waals surface area contributed by atoms with Gasteiger partial charge in [0, 0.05) is 11.8 Å². The Morgan fingerprint density at radius 2 is 1.41 bits per heavy atom. The molecule has 0 aliphatic carbocycles. The van der Waals surface area contributed by atoms with Crippen LogP contribution < -0.4 is 4.74 Å². The van der Waals surface area contributed by atoms with Crippen LogP contribution in [0.15, 0.2) is 42.5 Å². The first-order valence-corrected chi connectivity index (χ1v) is 13.6. The summed E-state index contributed by atoms with van der Waals surface area (Å²) in [5.41, 5.74) is -2.04. The molecule has 2 aromatic carbocycles. The topological polar surface area (TPSA) is 55.8 Å². The van der Waals surface area contributed by atoms with Gasteiger partial charge in [-0.1, -0.05) is 50.3 Å². The van der Waals surface area contributed by atoms with Gasteiger partial charge < -0.3 is 14.6 Å². The molecular weight excluding hydrogens is 550 g/mol. The second-order valence-corrected chi connectivity index (χ2v) is 10.0. The normalized spacial score (nSPS) is 13.1. The van der Waals surface area contributed by atoms with E-state index in [0.29, 0.717) is 62.7 Å². The molecule has 0 bridgehead atoms. The highest BCUT2D eigenvalue weighted by molar-refractivity contribution is 5.69. The molecule has 0 aromatic heterocycles. The summed E-state index contributed by atoms with van der Waals surface area (Å²) in [6.45, 7) is 10.1. The second-order valence-electron chi connectivity index (χ2n) is 10.0. The number of hydrogen-bond acceptors (Lipinski definition) is 4. The predicted octanol–water partition coefficient (Wildman–Crippen LogP) is 8.39. The van der Waals surface area contributed by atoms with Crippen LogP contribution in [0.25, 0.3) is 6.08 Å². The van der Waals surface area contributed by atoms with E-state index in [0.717, 1.165) is 16.7 Å². The third kappa shape index (κ3) is 7.84. The molecule has 228 valence electrons. The number of alkyl halides is 6. The summed E-state index contributed by atoms with van der Waals surface area (Å²) >= 11 is 0. The number of esters is 1. The van der Waals surface area contributed by atoms with Gasteiger partial charge in [-0.2, -0.15) is 26.3 Å². The Morgan fingerprint density at radius 1 is 0.854 bits per heavy atom. The van der Waals surface area contributed by atoms with E-state index < -0.39 is 23.4 Å². The maximum atomic E-state index is 13.1. The minimum absolute atomic E-state index is 0.129. The quantitative estimate of drug-likeness (QED) is 0.145. The molecule has 2 aromatic rings. The van der Waals surface area contributed by atoms with Crippen molar-refractivity contribution in [3.63, 3.8) is 0 Å². The number of ether oxygens (including phenoxy) is 2. The Labute approximate surface area is 237 Å². The SMILES string of the molecule is CCOC(=O)CCCCOc1ccc(C(CC)(CC)c2ccc(C=CC(O)(C(F)(F)F)C(F)(F)F)c(C)c2)cc1C. The van der Waals surface area contributed by atoms with Gasteiger partial charge in [-0.3, -0.25) is 4.79 Å². The van der Waals surface area contributed by atoms with Crippen molar-refractivity contribution in [2.24, 2.45) is 0 Å². The zero-order valence-electron chi connectivity index (χ0n) is 24.0. The fourth-order valence-electron chi connectivity index (χ4n) is 4.85. The lowest BCUT2D eigenvalue weighted by molar-refractivity contribution is -0.347. The zero-order chi connectivity index (χ0) is 31.1. The van der Waals surface area contributed by atoms with Crippen molar-refractivity contribution in [2.45, 2.75) is 90.1 Å². The Morgan fingerprint density at radius 3 is 1.90 bits per heavy atom. The lowest BCUT2D eigenvalue weighted by atomic mass is 9.70. The largest absolute Gasteiger partial charge is 0.493 e. The van der Waals surface area contributed by atoms with E-state index in [-0.39, 0.29) is 17.6 Å². The highest BCUT2D eigenvalue weighted by Crippen LogP contribution is 2.45. The molecular formula is C31H38F6O4. The molecule has 0 saturated heterocycles. The third-order valence-corrected chi connectivity index (χ3v) is 7.46. The maximum absolute atomic E-state index is 13.1. The number of rotatable bonds is 13. The summed E-state index contributed by atoms with van der Waals surface area (Å²) in [6.07, 6.45) is -8.38.